The monoisotopic (exact) mass is 390 g/mol. The van der Waals surface area contributed by atoms with Gasteiger partial charge in [-0.1, -0.05) is 51.0 Å². The predicted molar refractivity (Wildman–Crippen MR) is 109 cm³/mol. The van der Waals surface area contributed by atoms with E-state index >= 15 is 0 Å². The molecule has 1 fully saturated rings. The first-order chi connectivity index (χ1) is 12.8. The molecule has 0 saturated carbocycles. The third kappa shape index (κ3) is 4.46. The van der Waals surface area contributed by atoms with Gasteiger partial charge in [0, 0.05) is 0 Å². The molecule has 2 heterocycles. The molecular weight excluding hydrogens is 360 g/mol. The van der Waals surface area contributed by atoms with E-state index in [9.17, 15) is 13.5 Å². The number of hydrogen-bond acceptors (Lipinski definition) is 4. The van der Waals surface area contributed by atoms with Crippen LogP contribution in [0.15, 0.2) is 41.0 Å². The van der Waals surface area contributed by atoms with Gasteiger partial charge in [-0.05, 0) is 54.0 Å². The molecule has 1 aromatic carbocycles. The minimum atomic E-state index is -3.09. The fraction of sp³-hybridized carbons (Fsp3) is 0.545. The number of phenols is 1. The summed E-state index contributed by atoms with van der Waals surface area (Å²) in [6.07, 6.45) is 5.88. The zero-order valence-electron chi connectivity index (χ0n) is 16.4. The van der Waals surface area contributed by atoms with Gasteiger partial charge in [-0.15, -0.1) is 0 Å². The van der Waals surface area contributed by atoms with Gasteiger partial charge in [-0.3, -0.25) is 0 Å². The van der Waals surface area contributed by atoms with Crippen LogP contribution >= 0.6 is 0 Å². The van der Waals surface area contributed by atoms with E-state index in [1.165, 1.54) is 5.57 Å². The molecule has 4 nitrogen and oxygen atoms in total. The molecule has 0 bridgehead atoms. The van der Waals surface area contributed by atoms with Crippen LogP contribution in [0.2, 0.25) is 0 Å². The normalized spacial score (nSPS) is 24.7. The summed E-state index contributed by atoms with van der Waals surface area (Å²) in [6, 6.07) is 7.22. The van der Waals surface area contributed by atoms with Gasteiger partial charge in [-0.25, -0.2) is 8.42 Å². The maximum Gasteiger partial charge on any atom is 0.163 e. The minimum Gasteiger partial charge on any atom is -0.508 e. The molecule has 2 aliphatic rings. The first kappa shape index (κ1) is 20.2. The highest BCUT2D eigenvalue weighted by molar-refractivity contribution is 7.92. The van der Waals surface area contributed by atoms with Crippen molar-refractivity contribution >= 4 is 15.9 Å². The Morgan fingerprint density at radius 2 is 1.96 bits per heavy atom. The van der Waals surface area contributed by atoms with Gasteiger partial charge in [0.1, 0.15) is 11.0 Å². The molecule has 5 heteroatoms. The molecule has 0 amide bonds. The Bertz CT molecular complexity index is 832. The second kappa shape index (κ2) is 8.19. The molecule has 0 aliphatic carbocycles. The van der Waals surface area contributed by atoms with Gasteiger partial charge >= 0.3 is 0 Å². The summed E-state index contributed by atoms with van der Waals surface area (Å²) in [4.78, 5) is 0. The largest absolute Gasteiger partial charge is 0.508 e. The van der Waals surface area contributed by atoms with E-state index in [4.69, 9.17) is 4.74 Å². The summed E-state index contributed by atoms with van der Waals surface area (Å²) in [6.45, 7) is 6.62. The molecule has 0 spiro atoms. The van der Waals surface area contributed by atoms with Crippen LogP contribution in [0, 0.1) is 5.92 Å². The van der Waals surface area contributed by atoms with Crippen molar-refractivity contribution in [2.75, 3.05) is 12.4 Å². The van der Waals surface area contributed by atoms with Crippen LogP contribution in [0.25, 0.3) is 6.08 Å². The summed E-state index contributed by atoms with van der Waals surface area (Å²) < 4.78 is 30.9. The van der Waals surface area contributed by atoms with Gasteiger partial charge in [-0.2, -0.15) is 0 Å². The Balaban J connectivity index is 1.76. The van der Waals surface area contributed by atoms with Gasteiger partial charge in [0.05, 0.1) is 18.5 Å². The molecule has 1 saturated heterocycles. The summed E-state index contributed by atoms with van der Waals surface area (Å²) in [5, 5.41) is 9.03. The van der Waals surface area contributed by atoms with E-state index < -0.39 is 15.1 Å². The zero-order valence-corrected chi connectivity index (χ0v) is 17.3. The van der Waals surface area contributed by atoms with E-state index in [-0.39, 0.29) is 23.5 Å². The SMILES string of the molecule is CCC/C(=C\c1ccc(O)cc1)CC[C@H]1OC[C@H]2C1=C(C(C)C)CS2(=O)=O. The van der Waals surface area contributed by atoms with Crippen molar-refractivity contribution in [3.05, 3.63) is 46.5 Å². The topological polar surface area (TPSA) is 63.6 Å². The van der Waals surface area contributed by atoms with Gasteiger partial charge in [0.25, 0.3) is 0 Å². The lowest BCUT2D eigenvalue weighted by molar-refractivity contribution is 0.117. The average molecular weight is 391 g/mol. The molecule has 2 aliphatic heterocycles. The zero-order chi connectivity index (χ0) is 19.6. The van der Waals surface area contributed by atoms with Crippen molar-refractivity contribution in [2.45, 2.75) is 57.8 Å². The Morgan fingerprint density at radius 3 is 2.59 bits per heavy atom. The quantitative estimate of drug-likeness (QED) is 0.696. The second-order valence-electron chi connectivity index (χ2n) is 7.94. The smallest absolute Gasteiger partial charge is 0.163 e. The van der Waals surface area contributed by atoms with Crippen molar-refractivity contribution in [1.29, 1.82) is 0 Å². The van der Waals surface area contributed by atoms with Gasteiger partial charge in [0.2, 0.25) is 0 Å². The third-order valence-corrected chi connectivity index (χ3v) is 7.53. The summed E-state index contributed by atoms with van der Waals surface area (Å²) in [7, 11) is -3.09. The highest BCUT2D eigenvalue weighted by Crippen LogP contribution is 2.41. The number of fused-ring (bicyclic) bond motifs is 1. The van der Waals surface area contributed by atoms with E-state index in [0.29, 0.717) is 6.61 Å². The van der Waals surface area contributed by atoms with E-state index in [0.717, 1.165) is 42.4 Å². The Labute approximate surface area is 162 Å². The molecule has 148 valence electrons. The number of ether oxygens (including phenoxy) is 1. The van der Waals surface area contributed by atoms with Crippen molar-refractivity contribution in [3.8, 4) is 5.75 Å². The number of benzene rings is 1. The lowest BCUT2D eigenvalue weighted by atomic mass is 9.91. The number of allylic oxidation sites excluding steroid dienone is 1. The van der Waals surface area contributed by atoms with Crippen molar-refractivity contribution in [2.24, 2.45) is 5.92 Å². The Kier molecular flexibility index (Phi) is 6.11. The highest BCUT2D eigenvalue weighted by Gasteiger charge is 2.47. The standard InChI is InChI=1S/C22H30O4S/c1-4-5-16(12-17-6-9-18(23)10-7-17)8-11-20-22-19(15(2)3)14-27(24,25)21(22)13-26-20/h6-7,9-10,12,15,20-21,23H,4-5,8,11,13-14H2,1-3H3/b16-12+/t20-,21+/m1/s1. The first-order valence-electron chi connectivity index (χ1n) is 9.86. The molecule has 2 atom stereocenters. The van der Waals surface area contributed by atoms with Crippen LogP contribution in [-0.2, 0) is 14.6 Å². The highest BCUT2D eigenvalue weighted by atomic mass is 32.2. The predicted octanol–water partition coefficient (Wildman–Crippen LogP) is 4.50. The molecule has 3 rings (SSSR count). The average Bonchev–Trinajstić information content (AvgIpc) is 3.14. The number of hydrogen-bond donors (Lipinski definition) is 1. The molecule has 1 N–H and O–H groups in total. The molecule has 0 unspecified atom stereocenters. The van der Waals surface area contributed by atoms with Crippen molar-refractivity contribution < 1.29 is 18.3 Å². The van der Waals surface area contributed by atoms with Gasteiger partial charge < -0.3 is 9.84 Å². The molecule has 0 radical (unpaired) electrons. The minimum absolute atomic E-state index is 0.0789. The fourth-order valence-electron chi connectivity index (χ4n) is 4.15. The van der Waals surface area contributed by atoms with Crippen LogP contribution in [-0.4, -0.2) is 37.2 Å². The van der Waals surface area contributed by atoms with Gasteiger partial charge in [0.15, 0.2) is 9.84 Å². The Hall–Kier alpha value is -1.59. The van der Waals surface area contributed by atoms with Crippen LogP contribution in [0.1, 0.15) is 52.0 Å². The maximum absolute atomic E-state index is 12.5. The van der Waals surface area contributed by atoms with Crippen LogP contribution in [0.5, 0.6) is 5.75 Å². The lowest BCUT2D eigenvalue weighted by Crippen LogP contribution is -2.19. The maximum atomic E-state index is 12.5. The Morgan fingerprint density at radius 1 is 1.26 bits per heavy atom. The number of rotatable bonds is 7. The fourth-order valence-corrected chi connectivity index (χ4v) is 6.26. The van der Waals surface area contributed by atoms with E-state index in [1.54, 1.807) is 12.1 Å². The molecular formula is C22H30O4S. The van der Waals surface area contributed by atoms with E-state index in [1.807, 2.05) is 12.1 Å². The van der Waals surface area contributed by atoms with Crippen LogP contribution in [0.3, 0.4) is 0 Å². The first-order valence-corrected chi connectivity index (χ1v) is 11.6. The summed E-state index contributed by atoms with van der Waals surface area (Å²) in [5.41, 5.74) is 4.53. The second-order valence-corrected chi connectivity index (χ2v) is 10.1. The molecule has 27 heavy (non-hydrogen) atoms. The molecule has 1 aromatic rings. The van der Waals surface area contributed by atoms with Crippen LogP contribution in [0.4, 0.5) is 0 Å². The summed E-state index contributed by atoms with van der Waals surface area (Å²) in [5.74, 6) is 0.715. The van der Waals surface area contributed by atoms with Crippen molar-refractivity contribution in [3.63, 3.8) is 0 Å². The molecule has 0 aromatic heterocycles. The number of aromatic hydroxyl groups is 1. The van der Waals surface area contributed by atoms with Crippen LogP contribution < -0.4 is 0 Å². The third-order valence-electron chi connectivity index (χ3n) is 5.56. The summed E-state index contributed by atoms with van der Waals surface area (Å²) >= 11 is 0. The number of phenolic OH excluding ortho intramolecular Hbond substituents is 1. The van der Waals surface area contributed by atoms with Crippen molar-refractivity contribution in [1.82, 2.24) is 0 Å². The lowest BCUT2D eigenvalue weighted by Gasteiger charge is -2.17. The van der Waals surface area contributed by atoms with E-state index in [2.05, 4.69) is 26.8 Å². The number of sulfone groups is 1.